The topological polar surface area (TPSA) is 58.0 Å². The first-order chi connectivity index (χ1) is 9.40. The van der Waals surface area contributed by atoms with Crippen LogP contribution in [0.15, 0.2) is 35.0 Å². The number of anilines is 1. The van der Waals surface area contributed by atoms with Crippen LogP contribution in [0.1, 0.15) is 12.8 Å². The quantitative estimate of drug-likeness (QED) is 0.839. The Balaban J connectivity index is 1.55. The summed E-state index contributed by atoms with van der Waals surface area (Å²) in [5.41, 5.74) is 0. The third-order valence-corrected chi connectivity index (χ3v) is 4.13. The van der Waals surface area contributed by atoms with Crippen LogP contribution in [-0.4, -0.2) is 28.3 Å². The molecule has 2 aromatic rings. The third-order valence-electron chi connectivity index (χ3n) is 4.13. The van der Waals surface area contributed by atoms with E-state index in [-0.39, 0.29) is 0 Å². The molecule has 2 aromatic heterocycles. The Morgan fingerprint density at radius 1 is 1.21 bits per heavy atom. The lowest BCUT2D eigenvalue weighted by molar-refractivity contribution is 0.411. The van der Waals surface area contributed by atoms with Gasteiger partial charge >= 0.3 is 0 Å². The first-order valence-corrected chi connectivity index (χ1v) is 6.76. The van der Waals surface area contributed by atoms with Crippen LogP contribution in [0.25, 0.3) is 11.6 Å². The highest BCUT2D eigenvalue weighted by Crippen LogP contribution is 2.34. The molecule has 1 fully saturated rings. The molecule has 1 aliphatic heterocycles. The van der Waals surface area contributed by atoms with Gasteiger partial charge in [-0.15, -0.1) is 5.10 Å². The van der Waals surface area contributed by atoms with Gasteiger partial charge in [-0.2, -0.15) is 4.98 Å². The Morgan fingerprint density at radius 3 is 2.68 bits per heavy atom. The van der Waals surface area contributed by atoms with Crippen LogP contribution in [0, 0.1) is 11.8 Å². The smallest absolute Gasteiger partial charge is 0.245 e. The molecule has 1 saturated heterocycles. The van der Waals surface area contributed by atoms with Gasteiger partial charge in [-0.25, -0.2) is 0 Å². The van der Waals surface area contributed by atoms with Gasteiger partial charge in [0.1, 0.15) is 0 Å². The molecule has 2 aliphatic rings. The highest BCUT2D eigenvalue weighted by molar-refractivity contribution is 5.49. The third kappa shape index (κ3) is 1.85. The second-order valence-electron chi connectivity index (χ2n) is 5.33. The van der Waals surface area contributed by atoms with Crippen LogP contribution >= 0.6 is 0 Å². The van der Waals surface area contributed by atoms with Crippen LogP contribution in [0.5, 0.6) is 0 Å². The van der Waals surface area contributed by atoms with Crippen LogP contribution in [0.3, 0.4) is 0 Å². The number of allylic oxidation sites excluding steroid dienone is 2. The van der Waals surface area contributed by atoms with E-state index in [0.29, 0.717) is 5.82 Å². The van der Waals surface area contributed by atoms with Gasteiger partial charge in [0.25, 0.3) is 0 Å². The van der Waals surface area contributed by atoms with Gasteiger partial charge in [-0.05, 0) is 36.8 Å². The molecule has 3 heterocycles. The minimum Gasteiger partial charge on any atom is -0.461 e. The molecule has 0 radical (unpaired) electrons. The maximum absolute atomic E-state index is 5.33. The average Bonchev–Trinajstić information content (AvgIpc) is 3.17. The molecule has 1 N–H and O–H groups in total. The number of nitrogens with zero attached hydrogens (tertiary/aromatic N) is 3. The average molecular weight is 256 g/mol. The van der Waals surface area contributed by atoms with Crippen molar-refractivity contribution < 1.29 is 4.42 Å². The van der Waals surface area contributed by atoms with E-state index >= 15 is 0 Å². The predicted molar refractivity (Wildman–Crippen MR) is 71.7 cm³/mol. The number of hydrogen-bond acceptors (Lipinski definition) is 4. The monoisotopic (exact) mass is 256 g/mol. The van der Waals surface area contributed by atoms with Crippen molar-refractivity contribution in [3.8, 4) is 11.6 Å². The fourth-order valence-corrected chi connectivity index (χ4v) is 3.10. The molecular weight excluding hydrogens is 240 g/mol. The molecule has 0 aromatic carbocycles. The van der Waals surface area contributed by atoms with Crippen molar-refractivity contribution in [2.24, 2.45) is 11.8 Å². The van der Waals surface area contributed by atoms with Crippen LogP contribution in [0.2, 0.25) is 0 Å². The van der Waals surface area contributed by atoms with Gasteiger partial charge in [0.15, 0.2) is 11.6 Å². The van der Waals surface area contributed by atoms with Gasteiger partial charge < -0.3 is 9.32 Å². The zero-order valence-electron chi connectivity index (χ0n) is 10.6. The second-order valence-corrected chi connectivity index (χ2v) is 5.33. The lowest BCUT2D eigenvalue weighted by atomic mass is 9.86. The zero-order chi connectivity index (χ0) is 12.7. The van der Waals surface area contributed by atoms with Crippen molar-refractivity contribution in [1.29, 1.82) is 0 Å². The molecule has 19 heavy (non-hydrogen) atoms. The number of fused-ring (bicyclic) bond motifs is 1. The molecular formula is C14H16N4O. The van der Waals surface area contributed by atoms with E-state index in [1.807, 2.05) is 12.1 Å². The van der Waals surface area contributed by atoms with Crippen molar-refractivity contribution in [3.63, 3.8) is 0 Å². The standard InChI is InChI=1S/C14H16N4O/c1-2-5-11-9-18(8-10(11)4-1)14-15-13(16-17-14)12-6-3-7-19-12/h1-3,6-7,10-11H,4-5,8-9H2,(H,15,16,17). The summed E-state index contributed by atoms with van der Waals surface area (Å²) >= 11 is 0. The van der Waals surface area contributed by atoms with Crippen molar-refractivity contribution in [2.45, 2.75) is 12.8 Å². The lowest BCUT2D eigenvalue weighted by Gasteiger charge is -2.17. The number of furan rings is 1. The van der Waals surface area contributed by atoms with E-state index in [2.05, 4.69) is 32.2 Å². The fourth-order valence-electron chi connectivity index (χ4n) is 3.10. The van der Waals surface area contributed by atoms with E-state index in [9.17, 15) is 0 Å². The van der Waals surface area contributed by atoms with Gasteiger partial charge in [0.2, 0.25) is 5.95 Å². The molecule has 98 valence electrons. The van der Waals surface area contributed by atoms with Gasteiger partial charge in [0.05, 0.1) is 6.26 Å². The zero-order valence-corrected chi connectivity index (χ0v) is 10.6. The predicted octanol–water partition coefficient (Wildman–Crippen LogP) is 2.47. The number of aromatic nitrogens is 3. The summed E-state index contributed by atoms with van der Waals surface area (Å²) in [4.78, 5) is 6.82. The highest BCUT2D eigenvalue weighted by atomic mass is 16.3. The summed E-state index contributed by atoms with van der Waals surface area (Å²) in [6.45, 7) is 2.12. The second kappa shape index (κ2) is 4.26. The van der Waals surface area contributed by atoms with Crippen LogP contribution in [0.4, 0.5) is 5.95 Å². The molecule has 2 atom stereocenters. The van der Waals surface area contributed by atoms with Crippen molar-refractivity contribution >= 4 is 5.95 Å². The van der Waals surface area contributed by atoms with Crippen molar-refractivity contribution in [1.82, 2.24) is 15.2 Å². The molecule has 1 aliphatic carbocycles. The van der Waals surface area contributed by atoms with Crippen LogP contribution < -0.4 is 4.90 Å². The summed E-state index contributed by atoms with van der Waals surface area (Å²) in [7, 11) is 0. The minimum absolute atomic E-state index is 0.702. The first-order valence-electron chi connectivity index (χ1n) is 6.76. The van der Waals surface area contributed by atoms with Crippen molar-refractivity contribution in [3.05, 3.63) is 30.5 Å². The Hall–Kier alpha value is -2.04. The van der Waals surface area contributed by atoms with Gasteiger partial charge in [-0.1, -0.05) is 12.2 Å². The Morgan fingerprint density at radius 2 is 2.00 bits per heavy atom. The number of rotatable bonds is 2. The van der Waals surface area contributed by atoms with Gasteiger partial charge in [0, 0.05) is 13.1 Å². The maximum Gasteiger partial charge on any atom is 0.245 e. The molecule has 0 saturated carbocycles. The maximum atomic E-state index is 5.33. The van der Waals surface area contributed by atoms with Crippen molar-refractivity contribution in [2.75, 3.05) is 18.0 Å². The lowest BCUT2D eigenvalue weighted by Crippen LogP contribution is -2.21. The largest absolute Gasteiger partial charge is 0.461 e. The van der Waals surface area contributed by atoms with E-state index in [0.717, 1.165) is 36.6 Å². The fraction of sp³-hybridized carbons (Fsp3) is 0.429. The molecule has 5 heteroatoms. The molecule has 2 unspecified atom stereocenters. The summed E-state index contributed by atoms with van der Waals surface area (Å²) in [6.07, 6.45) is 8.63. The Bertz CT molecular complexity index is 570. The summed E-state index contributed by atoms with van der Waals surface area (Å²) in [5.74, 6) is 3.75. The number of H-pyrrole nitrogens is 1. The highest BCUT2D eigenvalue weighted by Gasteiger charge is 2.34. The SMILES string of the molecule is C1=CCC2CN(c3n[nH]c(-c4ccco4)n3)CC2C1. The van der Waals surface area contributed by atoms with E-state index in [1.165, 1.54) is 12.8 Å². The number of aromatic amines is 1. The normalized spacial score (nSPS) is 25.8. The molecule has 0 bridgehead atoms. The summed E-state index contributed by atoms with van der Waals surface area (Å²) in [6, 6.07) is 3.74. The summed E-state index contributed by atoms with van der Waals surface area (Å²) in [5, 5.41) is 7.28. The Labute approximate surface area is 111 Å². The Kier molecular flexibility index (Phi) is 2.43. The molecule has 4 rings (SSSR count). The molecule has 5 nitrogen and oxygen atoms in total. The molecule has 0 spiro atoms. The number of nitrogens with one attached hydrogen (secondary N) is 1. The van der Waals surface area contributed by atoms with Gasteiger partial charge in [-0.3, -0.25) is 5.10 Å². The molecule has 0 amide bonds. The van der Waals surface area contributed by atoms with E-state index in [1.54, 1.807) is 6.26 Å². The number of hydrogen-bond donors (Lipinski definition) is 1. The van der Waals surface area contributed by atoms with Crippen LogP contribution in [-0.2, 0) is 0 Å². The first kappa shape index (κ1) is 10.8. The van der Waals surface area contributed by atoms with E-state index in [4.69, 9.17) is 4.42 Å². The minimum atomic E-state index is 0.702. The van der Waals surface area contributed by atoms with E-state index < -0.39 is 0 Å². The summed E-state index contributed by atoms with van der Waals surface area (Å²) < 4.78 is 5.33.